The van der Waals surface area contributed by atoms with Crippen molar-refractivity contribution in [3.8, 4) is 0 Å². The molecule has 4 N–H and O–H groups in total. The average molecular weight is 315 g/mol. The Bertz CT molecular complexity index is 834. The van der Waals surface area contributed by atoms with E-state index in [4.69, 9.17) is 5.73 Å². The van der Waals surface area contributed by atoms with Gasteiger partial charge < -0.3 is 16.2 Å². The first-order valence-corrected chi connectivity index (χ1v) is 7.34. The number of rotatable bonds is 4. The number of hydrogen-bond acceptors (Lipinski definition) is 7. The fraction of sp³-hybridized carbons (Fsp3) is 0.143. The van der Waals surface area contributed by atoms with E-state index in [1.807, 2.05) is 25.1 Å². The molecule has 0 saturated carbocycles. The van der Waals surface area contributed by atoms with Gasteiger partial charge in [-0.2, -0.15) is 0 Å². The summed E-state index contributed by atoms with van der Waals surface area (Å²) in [6, 6.07) is 7.07. The maximum atomic E-state index is 11.4. The lowest BCUT2D eigenvalue weighted by molar-refractivity contribution is 0.0693. The number of nitrogens with two attached hydrogens (primary N) is 1. The van der Waals surface area contributed by atoms with Crippen molar-refractivity contribution in [1.82, 2.24) is 15.0 Å². The van der Waals surface area contributed by atoms with Gasteiger partial charge in [-0.1, -0.05) is 6.07 Å². The molecule has 0 aromatic carbocycles. The Morgan fingerprint density at radius 2 is 2.23 bits per heavy atom. The summed E-state index contributed by atoms with van der Waals surface area (Å²) in [6.07, 6.45) is 1.69. The average Bonchev–Trinajstić information content (AvgIpc) is 2.87. The van der Waals surface area contributed by atoms with Gasteiger partial charge >= 0.3 is 5.97 Å². The Morgan fingerprint density at radius 1 is 1.41 bits per heavy atom. The third-order valence-corrected chi connectivity index (χ3v) is 4.03. The second kappa shape index (κ2) is 5.57. The van der Waals surface area contributed by atoms with E-state index >= 15 is 0 Å². The molecule has 0 radical (unpaired) electrons. The van der Waals surface area contributed by atoms with Crippen LogP contribution in [0.15, 0.2) is 30.5 Å². The first-order chi connectivity index (χ1) is 10.5. The largest absolute Gasteiger partial charge is 0.476 e. The van der Waals surface area contributed by atoms with Crippen molar-refractivity contribution < 1.29 is 9.90 Å². The molecule has 3 aromatic rings. The first kappa shape index (κ1) is 14.2. The second-order valence-corrected chi connectivity index (χ2v) is 5.77. The molecule has 112 valence electrons. The topological polar surface area (TPSA) is 114 Å². The lowest BCUT2D eigenvalue weighted by atomic mass is 10.2. The first-order valence-electron chi connectivity index (χ1n) is 6.52. The van der Waals surface area contributed by atoms with E-state index < -0.39 is 5.97 Å². The van der Waals surface area contributed by atoms with Gasteiger partial charge in [-0.05, 0) is 25.1 Å². The third-order valence-electron chi connectivity index (χ3n) is 3.07. The van der Waals surface area contributed by atoms with E-state index in [9.17, 15) is 9.90 Å². The van der Waals surface area contributed by atoms with Gasteiger partial charge in [-0.15, -0.1) is 11.3 Å². The standard InChI is InChI=1S/C14H13N5O2S/c1-7(8-4-2-3-5-16-8)17-14-18-9-6-10(15)22-12(9)11(19-14)13(20)21/h2-7H,15H2,1H3,(H,20,21)(H,17,18,19). The van der Waals surface area contributed by atoms with E-state index in [0.29, 0.717) is 15.2 Å². The van der Waals surface area contributed by atoms with Crippen molar-refractivity contribution in [2.24, 2.45) is 0 Å². The van der Waals surface area contributed by atoms with Crippen LogP contribution in [0.3, 0.4) is 0 Å². The highest BCUT2D eigenvalue weighted by atomic mass is 32.1. The molecule has 0 aliphatic rings. The number of anilines is 2. The third kappa shape index (κ3) is 2.68. The number of aromatic carboxylic acids is 1. The predicted octanol–water partition coefficient (Wildman–Crippen LogP) is 2.54. The number of carboxylic acids is 1. The van der Waals surface area contributed by atoms with Gasteiger partial charge in [0.15, 0.2) is 5.69 Å². The number of thiophene rings is 1. The minimum Gasteiger partial charge on any atom is -0.476 e. The van der Waals surface area contributed by atoms with E-state index in [-0.39, 0.29) is 17.7 Å². The Kier molecular flexibility index (Phi) is 3.60. The number of fused-ring (bicyclic) bond motifs is 1. The number of carboxylic acid groups (broad SMARTS) is 1. The highest BCUT2D eigenvalue weighted by molar-refractivity contribution is 7.22. The highest BCUT2D eigenvalue weighted by Gasteiger charge is 2.17. The van der Waals surface area contributed by atoms with Crippen LogP contribution in [0.25, 0.3) is 10.2 Å². The Hall–Kier alpha value is -2.74. The SMILES string of the molecule is CC(Nc1nc(C(=O)O)c2sc(N)cc2n1)c1ccccn1. The summed E-state index contributed by atoms with van der Waals surface area (Å²) in [6.45, 7) is 1.90. The summed E-state index contributed by atoms with van der Waals surface area (Å²) in [4.78, 5) is 24.0. The molecule has 22 heavy (non-hydrogen) atoms. The van der Waals surface area contributed by atoms with Crippen molar-refractivity contribution >= 4 is 38.5 Å². The molecule has 0 fully saturated rings. The number of nitrogen functional groups attached to an aromatic ring is 1. The lowest BCUT2D eigenvalue weighted by Crippen LogP contribution is -2.12. The minimum atomic E-state index is -1.11. The Balaban J connectivity index is 1.99. The van der Waals surface area contributed by atoms with E-state index in [1.54, 1.807) is 12.3 Å². The summed E-state index contributed by atoms with van der Waals surface area (Å²) in [7, 11) is 0. The van der Waals surface area contributed by atoms with Crippen molar-refractivity contribution in [2.75, 3.05) is 11.1 Å². The second-order valence-electron chi connectivity index (χ2n) is 4.68. The fourth-order valence-corrected chi connectivity index (χ4v) is 2.90. The summed E-state index contributed by atoms with van der Waals surface area (Å²) in [5.41, 5.74) is 7.01. The van der Waals surface area contributed by atoms with Crippen LogP contribution in [0, 0.1) is 0 Å². The number of carbonyl (C=O) groups is 1. The van der Waals surface area contributed by atoms with E-state index in [2.05, 4.69) is 20.3 Å². The van der Waals surface area contributed by atoms with Crippen LogP contribution in [0.1, 0.15) is 29.1 Å². The zero-order valence-corrected chi connectivity index (χ0v) is 12.5. The van der Waals surface area contributed by atoms with Gasteiger partial charge in [-0.3, -0.25) is 4.98 Å². The molecule has 0 aliphatic heterocycles. The Labute approximate surface area is 129 Å². The van der Waals surface area contributed by atoms with Crippen LogP contribution < -0.4 is 11.1 Å². The van der Waals surface area contributed by atoms with Crippen molar-refractivity contribution in [3.05, 3.63) is 41.9 Å². The monoisotopic (exact) mass is 315 g/mol. The molecule has 0 bridgehead atoms. The van der Waals surface area contributed by atoms with Gasteiger partial charge in [-0.25, -0.2) is 14.8 Å². The fourth-order valence-electron chi connectivity index (χ4n) is 2.06. The summed E-state index contributed by atoms with van der Waals surface area (Å²) in [5, 5.41) is 12.9. The summed E-state index contributed by atoms with van der Waals surface area (Å²) in [5.74, 6) is -0.872. The molecular weight excluding hydrogens is 302 g/mol. The molecule has 3 rings (SSSR count). The molecule has 1 atom stereocenters. The molecule has 0 spiro atoms. The molecule has 1 unspecified atom stereocenters. The zero-order valence-electron chi connectivity index (χ0n) is 11.6. The van der Waals surface area contributed by atoms with Crippen LogP contribution in [0.2, 0.25) is 0 Å². The molecule has 0 aliphatic carbocycles. The number of aromatic nitrogens is 3. The number of nitrogens with one attached hydrogen (secondary N) is 1. The maximum absolute atomic E-state index is 11.4. The molecule has 0 saturated heterocycles. The molecule has 7 nitrogen and oxygen atoms in total. The molecular formula is C14H13N5O2S. The zero-order chi connectivity index (χ0) is 15.7. The van der Waals surface area contributed by atoms with Crippen LogP contribution in [0.5, 0.6) is 0 Å². The molecule has 0 amide bonds. The van der Waals surface area contributed by atoms with Gasteiger partial charge in [0, 0.05) is 6.20 Å². The maximum Gasteiger partial charge on any atom is 0.356 e. The summed E-state index contributed by atoms with van der Waals surface area (Å²) < 4.78 is 0.473. The number of hydrogen-bond donors (Lipinski definition) is 3. The van der Waals surface area contributed by atoms with Crippen LogP contribution in [0.4, 0.5) is 10.9 Å². The highest BCUT2D eigenvalue weighted by Crippen LogP contribution is 2.30. The molecule has 8 heteroatoms. The van der Waals surface area contributed by atoms with Gasteiger partial charge in [0.05, 0.1) is 27.0 Å². The summed E-state index contributed by atoms with van der Waals surface area (Å²) >= 11 is 1.16. The van der Waals surface area contributed by atoms with Crippen molar-refractivity contribution in [3.63, 3.8) is 0 Å². The number of pyridine rings is 1. The van der Waals surface area contributed by atoms with Gasteiger partial charge in [0.1, 0.15) is 0 Å². The smallest absolute Gasteiger partial charge is 0.356 e. The minimum absolute atomic E-state index is 0.0533. The number of nitrogens with zero attached hydrogens (tertiary/aromatic N) is 3. The van der Waals surface area contributed by atoms with E-state index in [0.717, 1.165) is 17.0 Å². The van der Waals surface area contributed by atoms with Crippen LogP contribution in [-0.2, 0) is 0 Å². The van der Waals surface area contributed by atoms with Crippen LogP contribution >= 0.6 is 11.3 Å². The molecule has 3 heterocycles. The van der Waals surface area contributed by atoms with Crippen LogP contribution in [-0.4, -0.2) is 26.0 Å². The lowest BCUT2D eigenvalue weighted by Gasteiger charge is -2.13. The van der Waals surface area contributed by atoms with E-state index in [1.165, 1.54) is 0 Å². The van der Waals surface area contributed by atoms with Gasteiger partial charge in [0.25, 0.3) is 0 Å². The molecule has 3 aromatic heterocycles. The Morgan fingerprint density at radius 3 is 2.91 bits per heavy atom. The van der Waals surface area contributed by atoms with Crippen molar-refractivity contribution in [1.29, 1.82) is 0 Å². The quantitative estimate of drug-likeness (QED) is 0.677. The van der Waals surface area contributed by atoms with Gasteiger partial charge in [0.2, 0.25) is 5.95 Å². The normalized spacial score (nSPS) is 12.2. The predicted molar refractivity (Wildman–Crippen MR) is 85.1 cm³/mol. The van der Waals surface area contributed by atoms with Crippen molar-refractivity contribution in [2.45, 2.75) is 13.0 Å².